The molecule has 0 amide bonds. The molecule has 0 atom stereocenters. The summed E-state index contributed by atoms with van der Waals surface area (Å²) in [5.74, 6) is 1.74. The Labute approximate surface area is 153 Å². The molecule has 0 bridgehead atoms. The number of furan rings is 1. The summed E-state index contributed by atoms with van der Waals surface area (Å²) in [6.45, 7) is 4.26. The summed E-state index contributed by atoms with van der Waals surface area (Å²) in [4.78, 5) is 6.50. The zero-order valence-corrected chi connectivity index (χ0v) is 16.2. The topological polar surface area (TPSA) is 62.0 Å². The summed E-state index contributed by atoms with van der Waals surface area (Å²) in [7, 11) is 6.07. The largest absolute Gasteiger partial charge is 0.467 e. The normalized spacial score (nSPS) is 11.9. The fourth-order valence-electron chi connectivity index (χ4n) is 2.46. The van der Waals surface area contributed by atoms with E-state index in [9.17, 15) is 0 Å². The Morgan fingerprint density at radius 2 is 1.80 bits per heavy atom. The van der Waals surface area contributed by atoms with E-state index in [0.29, 0.717) is 13.2 Å². The Bertz CT molecular complexity index is 433. The Morgan fingerprint density at radius 1 is 1.08 bits per heavy atom. The lowest BCUT2D eigenvalue weighted by Crippen LogP contribution is -2.38. The number of hydrogen-bond donors (Lipinski definition) is 2. The van der Waals surface area contributed by atoms with E-state index in [1.807, 2.05) is 19.2 Å². The van der Waals surface area contributed by atoms with Gasteiger partial charge in [0.25, 0.3) is 0 Å². The zero-order valence-electron chi connectivity index (χ0n) is 16.2. The molecule has 1 aromatic rings. The van der Waals surface area contributed by atoms with Gasteiger partial charge in [-0.05, 0) is 52.0 Å². The van der Waals surface area contributed by atoms with Gasteiger partial charge in [0, 0.05) is 26.7 Å². The first-order chi connectivity index (χ1) is 12.2. The van der Waals surface area contributed by atoms with Gasteiger partial charge in [0.05, 0.1) is 6.26 Å². The Balaban J connectivity index is 1.89. The maximum atomic E-state index is 5.56. The second-order valence-electron chi connectivity index (χ2n) is 6.48. The molecule has 2 N–H and O–H groups in total. The average Bonchev–Trinajstić information content (AvgIpc) is 3.11. The summed E-state index contributed by atoms with van der Waals surface area (Å²) >= 11 is 0. The minimum Gasteiger partial charge on any atom is -0.467 e. The van der Waals surface area contributed by atoms with Gasteiger partial charge in [0.1, 0.15) is 12.4 Å². The molecule has 0 fully saturated rings. The van der Waals surface area contributed by atoms with Gasteiger partial charge in [-0.2, -0.15) is 0 Å². The minimum absolute atomic E-state index is 0.536. The SMILES string of the molecule is CN=C(NCCCCCCCN(C)C)NCCCOCc1ccco1. The number of hydrogen-bond acceptors (Lipinski definition) is 4. The van der Waals surface area contributed by atoms with Crippen molar-refractivity contribution in [2.24, 2.45) is 4.99 Å². The highest BCUT2D eigenvalue weighted by Gasteiger charge is 1.98. The van der Waals surface area contributed by atoms with Crippen molar-refractivity contribution in [2.75, 3.05) is 47.4 Å². The highest BCUT2D eigenvalue weighted by Crippen LogP contribution is 2.03. The zero-order chi connectivity index (χ0) is 18.2. The van der Waals surface area contributed by atoms with Crippen molar-refractivity contribution in [1.82, 2.24) is 15.5 Å². The van der Waals surface area contributed by atoms with Crippen LogP contribution in [0.3, 0.4) is 0 Å². The van der Waals surface area contributed by atoms with Crippen LogP contribution < -0.4 is 10.6 Å². The van der Waals surface area contributed by atoms with Gasteiger partial charge in [0.2, 0.25) is 0 Å². The van der Waals surface area contributed by atoms with Crippen LogP contribution >= 0.6 is 0 Å². The van der Waals surface area contributed by atoms with Gasteiger partial charge in [0.15, 0.2) is 5.96 Å². The van der Waals surface area contributed by atoms with E-state index < -0.39 is 0 Å². The van der Waals surface area contributed by atoms with Crippen LogP contribution in [-0.4, -0.2) is 58.2 Å². The average molecular weight is 353 g/mol. The molecular weight excluding hydrogens is 316 g/mol. The van der Waals surface area contributed by atoms with Gasteiger partial charge >= 0.3 is 0 Å². The van der Waals surface area contributed by atoms with Crippen molar-refractivity contribution in [3.05, 3.63) is 24.2 Å². The van der Waals surface area contributed by atoms with Crippen molar-refractivity contribution < 1.29 is 9.15 Å². The van der Waals surface area contributed by atoms with E-state index in [2.05, 4.69) is 34.6 Å². The van der Waals surface area contributed by atoms with Crippen LogP contribution in [0.4, 0.5) is 0 Å². The predicted molar refractivity (Wildman–Crippen MR) is 104 cm³/mol. The number of unbranched alkanes of at least 4 members (excludes halogenated alkanes) is 4. The van der Waals surface area contributed by atoms with Gasteiger partial charge in [-0.25, -0.2) is 0 Å². The summed E-state index contributed by atoms with van der Waals surface area (Å²) in [5.41, 5.74) is 0. The summed E-state index contributed by atoms with van der Waals surface area (Å²) < 4.78 is 10.8. The van der Waals surface area contributed by atoms with Crippen LogP contribution in [0.25, 0.3) is 0 Å². The molecule has 144 valence electrons. The van der Waals surface area contributed by atoms with Crippen molar-refractivity contribution in [2.45, 2.75) is 45.1 Å². The lowest BCUT2D eigenvalue weighted by molar-refractivity contribution is 0.105. The third-order valence-corrected chi connectivity index (χ3v) is 3.88. The molecule has 0 aliphatic carbocycles. The first kappa shape index (κ1) is 21.5. The van der Waals surface area contributed by atoms with Crippen LogP contribution in [0.15, 0.2) is 27.8 Å². The van der Waals surface area contributed by atoms with E-state index in [1.165, 1.54) is 38.6 Å². The highest BCUT2D eigenvalue weighted by molar-refractivity contribution is 5.79. The van der Waals surface area contributed by atoms with Gasteiger partial charge < -0.3 is 24.7 Å². The molecular formula is C19H36N4O2. The number of nitrogens with zero attached hydrogens (tertiary/aromatic N) is 2. The third-order valence-electron chi connectivity index (χ3n) is 3.88. The molecule has 0 unspecified atom stereocenters. The standard InChI is InChI=1S/C19H36N4O2/c1-20-19(21-12-7-5-4-6-8-14-23(2)3)22-13-10-15-24-17-18-11-9-16-25-18/h9,11,16H,4-8,10,12-15,17H2,1-3H3,(H2,20,21,22). The molecule has 0 aliphatic heterocycles. The first-order valence-corrected chi connectivity index (χ1v) is 9.41. The number of rotatable bonds is 14. The van der Waals surface area contributed by atoms with Crippen LogP contribution in [0.2, 0.25) is 0 Å². The molecule has 6 nitrogen and oxygen atoms in total. The number of nitrogens with one attached hydrogen (secondary N) is 2. The molecule has 0 radical (unpaired) electrons. The monoisotopic (exact) mass is 352 g/mol. The molecule has 0 aliphatic rings. The highest BCUT2D eigenvalue weighted by atomic mass is 16.5. The predicted octanol–water partition coefficient (Wildman–Crippen LogP) is 2.86. The van der Waals surface area contributed by atoms with Crippen LogP contribution in [-0.2, 0) is 11.3 Å². The summed E-state index contributed by atoms with van der Waals surface area (Å²) in [6, 6.07) is 3.80. The van der Waals surface area contributed by atoms with Crippen molar-refractivity contribution in [3.8, 4) is 0 Å². The van der Waals surface area contributed by atoms with Gasteiger partial charge in [-0.15, -0.1) is 0 Å². The maximum Gasteiger partial charge on any atom is 0.190 e. The molecule has 0 spiro atoms. The van der Waals surface area contributed by atoms with Crippen LogP contribution in [0.5, 0.6) is 0 Å². The van der Waals surface area contributed by atoms with Gasteiger partial charge in [-0.3, -0.25) is 4.99 Å². The van der Waals surface area contributed by atoms with E-state index in [1.54, 1.807) is 6.26 Å². The van der Waals surface area contributed by atoms with Crippen molar-refractivity contribution >= 4 is 5.96 Å². The van der Waals surface area contributed by atoms with Crippen molar-refractivity contribution in [3.63, 3.8) is 0 Å². The fourth-order valence-corrected chi connectivity index (χ4v) is 2.46. The Hall–Kier alpha value is -1.53. The molecule has 0 saturated carbocycles. The number of ether oxygens (including phenoxy) is 1. The Kier molecular flexibility index (Phi) is 12.7. The van der Waals surface area contributed by atoms with E-state index in [-0.39, 0.29) is 0 Å². The first-order valence-electron chi connectivity index (χ1n) is 9.41. The molecule has 1 heterocycles. The molecule has 1 rings (SSSR count). The van der Waals surface area contributed by atoms with E-state index in [4.69, 9.17) is 9.15 Å². The summed E-state index contributed by atoms with van der Waals surface area (Å²) in [6.07, 6.45) is 9.00. The van der Waals surface area contributed by atoms with Gasteiger partial charge in [-0.1, -0.05) is 19.3 Å². The molecule has 25 heavy (non-hydrogen) atoms. The third kappa shape index (κ3) is 12.5. The number of aliphatic imine (C=N–C) groups is 1. The smallest absolute Gasteiger partial charge is 0.190 e. The fraction of sp³-hybridized carbons (Fsp3) is 0.737. The molecule has 0 aromatic carbocycles. The van der Waals surface area contributed by atoms with E-state index >= 15 is 0 Å². The maximum absolute atomic E-state index is 5.56. The van der Waals surface area contributed by atoms with Crippen molar-refractivity contribution in [1.29, 1.82) is 0 Å². The second kappa shape index (κ2) is 14.8. The van der Waals surface area contributed by atoms with Crippen LogP contribution in [0.1, 0.15) is 44.3 Å². The Morgan fingerprint density at radius 3 is 2.48 bits per heavy atom. The second-order valence-corrected chi connectivity index (χ2v) is 6.48. The lowest BCUT2D eigenvalue weighted by Gasteiger charge is -2.12. The number of guanidine groups is 1. The quantitative estimate of drug-likeness (QED) is 0.306. The summed E-state index contributed by atoms with van der Waals surface area (Å²) in [5, 5.41) is 6.68. The lowest BCUT2D eigenvalue weighted by atomic mass is 10.1. The van der Waals surface area contributed by atoms with Crippen LogP contribution in [0, 0.1) is 0 Å². The molecule has 0 saturated heterocycles. The molecule has 6 heteroatoms. The minimum atomic E-state index is 0.536. The van der Waals surface area contributed by atoms with E-state index in [0.717, 1.165) is 31.2 Å². The molecule has 1 aromatic heterocycles.